The second-order valence-corrected chi connectivity index (χ2v) is 8.80. The third kappa shape index (κ3) is 5.75. The summed E-state index contributed by atoms with van der Waals surface area (Å²) >= 11 is 5.95. The quantitative estimate of drug-likeness (QED) is 0.499. The largest absolute Gasteiger partial charge is 0.352 e. The van der Waals surface area contributed by atoms with Crippen LogP contribution in [0.1, 0.15) is 41.3 Å². The van der Waals surface area contributed by atoms with Crippen molar-refractivity contribution in [3.8, 4) is 11.1 Å². The van der Waals surface area contributed by atoms with Crippen LogP contribution in [-0.4, -0.2) is 29.9 Å². The number of halogens is 1. The van der Waals surface area contributed by atoms with Crippen LogP contribution in [0.4, 0.5) is 0 Å². The van der Waals surface area contributed by atoms with Crippen LogP contribution in [0.2, 0.25) is 5.02 Å². The van der Waals surface area contributed by atoms with Crippen molar-refractivity contribution >= 4 is 17.5 Å². The maximum atomic E-state index is 12.5. The number of rotatable bonds is 7. The molecule has 3 aromatic rings. The minimum absolute atomic E-state index is 0.0395. The monoisotopic (exact) mass is 432 g/mol. The van der Waals surface area contributed by atoms with Crippen LogP contribution < -0.4 is 5.32 Å². The fraction of sp³-hybridized carbons (Fsp3) is 0.296. The third-order valence-corrected chi connectivity index (χ3v) is 6.38. The zero-order valence-electron chi connectivity index (χ0n) is 18.0. The van der Waals surface area contributed by atoms with Crippen LogP contribution in [0.25, 0.3) is 11.1 Å². The lowest BCUT2D eigenvalue weighted by Gasteiger charge is -2.21. The Morgan fingerprint density at radius 2 is 1.55 bits per heavy atom. The number of hydrogen-bond acceptors (Lipinski definition) is 2. The third-order valence-electron chi connectivity index (χ3n) is 6.12. The Morgan fingerprint density at radius 1 is 0.935 bits per heavy atom. The first-order valence-corrected chi connectivity index (χ1v) is 11.4. The summed E-state index contributed by atoms with van der Waals surface area (Å²) in [5, 5.41) is 3.75. The molecule has 1 saturated heterocycles. The number of hydrogen-bond donors (Lipinski definition) is 1. The summed E-state index contributed by atoms with van der Waals surface area (Å²) in [5.74, 6) is -0.0395. The molecule has 1 amide bonds. The Kier molecular flexibility index (Phi) is 7.06. The van der Waals surface area contributed by atoms with Crippen molar-refractivity contribution in [3.63, 3.8) is 0 Å². The predicted molar refractivity (Wildman–Crippen MR) is 128 cm³/mol. The molecule has 31 heavy (non-hydrogen) atoms. The molecule has 4 heteroatoms. The van der Waals surface area contributed by atoms with Crippen LogP contribution in [0.5, 0.6) is 0 Å². The molecular weight excluding hydrogens is 404 g/mol. The first-order valence-electron chi connectivity index (χ1n) is 11.0. The summed E-state index contributed by atoms with van der Waals surface area (Å²) in [7, 11) is 0. The molecule has 0 aromatic heterocycles. The second kappa shape index (κ2) is 10.1. The van der Waals surface area contributed by atoms with Crippen LogP contribution in [-0.2, 0) is 13.0 Å². The zero-order valence-corrected chi connectivity index (χ0v) is 18.7. The normalized spacial score (nSPS) is 16.4. The number of carbonyl (C=O) groups excluding carboxylic acids is 1. The first-order chi connectivity index (χ1) is 15.1. The number of benzene rings is 3. The van der Waals surface area contributed by atoms with Gasteiger partial charge in [-0.1, -0.05) is 60.1 Å². The van der Waals surface area contributed by atoms with Gasteiger partial charge in [0.1, 0.15) is 0 Å². The topological polar surface area (TPSA) is 32.3 Å². The minimum Gasteiger partial charge on any atom is -0.352 e. The highest BCUT2D eigenvalue weighted by molar-refractivity contribution is 6.30. The molecule has 4 rings (SSSR count). The van der Waals surface area contributed by atoms with Gasteiger partial charge in [-0.05, 0) is 79.3 Å². The van der Waals surface area contributed by atoms with Crippen LogP contribution in [0.15, 0.2) is 72.8 Å². The molecule has 0 aliphatic carbocycles. The summed E-state index contributed by atoms with van der Waals surface area (Å²) < 4.78 is 0. The Labute approximate surface area is 190 Å². The number of nitrogens with one attached hydrogen (secondary N) is 1. The van der Waals surface area contributed by atoms with E-state index in [1.54, 1.807) is 0 Å². The van der Waals surface area contributed by atoms with Gasteiger partial charge in [0, 0.05) is 29.7 Å². The molecule has 1 fully saturated rings. The van der Waals surface area contributed by atoms with Gasteiger partial charge in [0.05, 0.1) is 0 Å². The Bertz CT molecular complexity index is 997. The van der Waals surface area contributed by atoms with Gasteiger partial charge in [-0.25, -0.2) is 0 Å². The van der Waals surface area contributed by atoms with E-state index in [1.807, 2.05) is 48.5 Å². The molecule has 1 atom stereocenters. The zero-order chi connectivity index (χ0) is 21.6. The van der Waals surface area contributed by atoms with Crippen molar-refractivity contribution in [1.82, 2.24) is 10.2 Å². The fourth-order valence-corrected chi connectivity index (χ4v) is 4.28. The SMILES string of the molecule is CC1CCCN1Cc1ccc(CCNC(=O)c2ccc(-c3ccc(Cl)cc3)cc2)cc1. The standard InChI is InChI=1S/C27H29ClN2O/c1-20-3-2-18-30(20)19-22-6-4-21(5-7-22)16-17-29-27(31)25-10-8-23(9-11-25)24-12-14-26(28)15-13-24/h4-15,20H,2-3,16-19H2,1H3,(H,29,31). The molecule has 0 radical (unpaired) electrons. The highest BCUT2D eigenvalue weighted by Crippen LogP contribution is 2.22. The highest BCUT2D eigenvalue weighted by Gasteiger charge is 2.19. The van der Waals surface area contributed by atoms with E-state index >= 15 is 0 Å². The van der Waals surface area contributed by atoms with Gasteiger partial charge in [0.2, 0.25) is 0 Å². The molecule has 1 unspecified atom stereocenters. The van der Waals surface area contributed by atoms with Gasteiger partial charge in [0.15, 0.2) is 0 Å². The van der Waals surface area contributed by atoms with Gasteiger partial charge in [-0.2, -0.15) is 0 Å². The molecule has 1 aliphatic heterocycles. The van der Waals surface area contributed by atoms with E-state index in [-0.39, 0.29) is 5.91 Å². The van der Waals surface area contributed by atoms with E-state index in [1.165, 1.54) is 30.5 Å². The lowest BCUT2D eigenvalue weighted by atomic mass is 10.0. The Hall–Kier alpha value is -2.62. The van der Waals surface area contributed by atoms with Gasteiger partial charge < -0.3 is 5.32 Å². The molecular formula is C27H29ClN2O. The lowest BCUT2D eigenvalue weighted by Crippen LogP contribution is -2.26. The average molecular weight is 433 g/mol. The number of nitrogens with zero attached hydrogens (tertiary/aromatic N) is 1. The lowest BCUT2D eigenvalue weighted by molar-refractivity contribution is 0.0954. The molecule has 3 nitrogen and oxygen atoms in total. The molecule has 1 heterocycles. The van der Waals surface area contributed by atoms with E-state index in [9.17, 15) is 4.79 Å². The van der Waals surface area contributed by atoms with Crippen molar-refractivity contribution in [2.24, 2.45) is 0 Å². The number of carbonyl (C=O) groups is 1. The molecule has 0 bridgehead atoms. The summed E-state index contributed by atoms with van der Waals surface area (Å²) in [6.07, 6.45) is 3.44. The molecule has 160 valence electrons. The predicted octanol–water partition coefficient (Wildman–Crippen LogP) is 5.96. The van der Waals surface area contributed by atoms with Gasteiger partial charge in [0.25, 0.3) is 5.91 Å². The molecule has 1 aliphatic rings. The fourth-order valence-electron chi connectivity index (χ4n) is 4.15. The Morgan fingerprint density at radius 3 is 2.16 bits per heavy atom. The van der Waals surface area contributed by atoms with Crippen molar-refractivity contribution in [2.45, 2.75) is 38.8 Å². The molecule has 1 N–H and O–H groups in total. The van der Waals surface area contributed by atoms with E-state index in [4.69, 9.17) is 11.6 Å². The summed E-state index contributed by atoms with van der Waals surface area (Å²) in [6, 6.07) is 24.9. The van der Waals surface area contributed by atoms with Crippen molar-refractivity contribution < 1.29 is 4.79 Å². The summed E-state index contributed by atoms with van der Waals surface area (Å²) in [4.78, 5) is 15.0. The van der Waals surface area contributed by atoms with Crippen LogP contribution >= 0.6 is 11.6 Å². The number of amides is 1. The van der Waals surface area contributed by atoms with Crippen LogP contribution in [0, 0.1) is 0 Å². The maximum absolute atomic E-state index is 12.5. The van der Waals surface area contributed by atoms with E-state index in [0.29, 0.717) is 18.2 Å². The molecule has 0 spiro atoms. The minimum atomic E-state index is -0.0395. The van der Waals surface area contributed by atoms with Gasteiger partial charge in [-0.15, -0.1) is 0 Å². The van der Waals surface area contributed by atoms with Gasteiger partial charge in [-0.3, -0.25) is 9.69 Å². The summed E-state index contributed by atoms with van der Waals surface area (Å²) in [6.45, 7) is 5.18. The molecule has 0 saturated carbocycles. The van der Waals surface area contributed by atoms with Crippen molar-refractivity contribution in [3.05, 3.63) is 94.5 Å². The Balaban J connectivity index is 1.25. The maximum Gasteiger partial charge on any atom is 0.251 e. The van der Waals surface area contributed by atoms with Crippen LogP contribution in [0.3, 0.4) is 0 Å². The number of likely N-dealkylation sites (tertiary alicyclic amines) is 1. The van der Waals surface area contributed by atoms with E-state index in [2.05, 4.69) is 41.4 Å². The smallest absolute Gasteiger partial charge is 0.251 e. The average Bonchev–Trinajstić information content (AvgIpc) is 3.20. The van der Waals surface area contributed by atoms with E-state index < -0.39 is 0 Å². The first kappa shape index (κ1) is 21.6. The van der Waals surface area contributed by atoms with Crippen molar-refractivity contribution in [2.75, 3.05) is 13.1 Å². The second-order valence-electron chi connectivity index (χ2n) is 8.37. The van der Waals surface area contributed by atoms with E-state index in [0.717, 1.165) is 29.1 Å². The highest BCUT2D eigenvalue weighted by atomic mass is 35.5. The van der Waals surface area contributed by atoms with Gasteiger partial charge >= 0.3 is 0 Å². The summed E-state index contributed by atoms with van der Waals surface area (Å²) in [5.41, 5.74) is 5.43. The van der Waals surface area contributed by atoms with Crippen molar-refractivity contribution in [1.29, 1.82) is 0 Å². The molecule has 3 aromatic carbocycles.